The van der Waals surface area contributed by atoms with Gasteiger partial charge in [0.05, 0.1) is 0 Å². The number of carbonyl (C=O) groups excluding carboxylic acids is 1. The zero-order valence-corrected chi connectivity index (χ0v) is 3.10. The van der Waals surface area contributed by atoms with Crippen LogP contribution in [0.2, 0.25) is 0 Å². The zero-order chi connectivity index (χ0) is 4.83. The van der Waals surface area contributed by atoms with E-state index in [4.69, 9.17) is 4.79 Å². The predicted molar refractivity (Wildman–Crippen MR) is 19.3 cm³/mol. The van der Waals surface area contributed by atoms with Gasteiger partial charge in [0.15, 0.2) is 5.94 Å². The van der Waals surface area contributed by atoms with Crippen molar-refractivity contribution in [3.63, 3.8) is 0 Å². The quantitative estimate of drug-likeness (QED) is 0.323. The summed E-state index contributed by atoms with van der Waals surface area (Å²) in [6, 6.07) is 0. The fourth-order valence-corrected chi connectivity index (χ4v) is 0.0833. The highest BCUT2D eigenvalue weighted by Gasteiger charge is 1.56. The first-order chi connectivity index (χ1) is 2.91. The van der Waals surface area contributed by atoms with Gasteiger partial charge in [-0.3, -0.25) is 0 Å². The highest BCUT2D eigenvalue weighted by molar-refractivity contribution is 5.43. The summed E-state index contributed by atoms with van der Waals surface area (Å²) in [5.41, 5.74) is 1.95. The molecule has 0 spiro atoms. The molecule has 0 fully saturated rings. The molecule has 0 rings (SSSR count). The molecule has 0 bridgehead atoms. The van der Waals surface area contributed by atoms with Gasteiger partial charge in [-0.25, -0.2) is 9.90 Å². The molecule has 6 heavy (non-hydrogen) atoms. The molecule has 0 heterocycles. The van der Waals surface area contributed by atoms with Gasteiger partial charge in [-0.05, 0) is 11.8 Å². The lowest BCUT2D eigenvalue weighted by atomic mass is 10.6. The third-order valence-electron chi connectivity index (χ3n) is 0.244. The molecular weight excluding hydrogens is 80.0 g/mol. The SMILES string of the molecule is [O]CC=C=C=O. The van der Waals surface area contributed by atoms with Crippen LogP contribution < -0.4 is 0 Å². The van der Waals surface area contributed by atoms with E-state index in [1.165, 1.54) is 5.94 Å². The van der Waals surface area contributed by atoms with Crippen molar-refractivity contribution >= 4 is 5.94 Å². The van der Waals surface area contributed by atoms with E-state index >= 15 is 0 Å². The zero-order valence-electron chi connectivity index (χ0n) is 3.10. The molecule has 0 saturated carbocycles. The number of hydrogen-bond acceptors (Lipinski definition) is 1. The van der Waals surface area contributed by atoms with Crippen LogP contribution >= 0.6 is 0 Å². The summed E-state index contributed by atoms with van der Waals surface area (Å²) < 4.78 is 0. The molecule has 0 atom stereocenters. The molecule has 0 unspecified atom stereocenters. The molecule has 0 N–H and O–H groups in total. The molecule has 0 amide bonds. The minimum Gasteiger partial charge on any atom is -0.232 e. The molecule has 0 aliphatic heterocycles. The van der Waals surface area contributed by atoms with Crippen LogP contribution in [-0.4, -0.2) is 12.5 Å². The second kappa shape index (κ2) is 4.19. The van der Waals surface area contributed by atoms with E-state index in [1.54, 1.807) is 0 Å². The van der Waals surface area contributed by atoms with Crippen LogP contribution in [0.5, 0.6) is 0 Å². The Morgan fingerprint density at radius 2 is 2.33 bits per heavy atom. The van der Waals surface area contributed by atoms with Gasteiger partial charge in [0.25, 0.3) is 0 Å². The number of hydrogen-bond donors (Lipinski definition) is 0. The van der Waals surface area contributed by atoms with Crippen molar-refractivity contribution in [2.24, 2.45) is 0 Å². The molecule has 0 aliphatic rings. The molecule has 0 saturated heterocycles. The van der Waals surface area contributed by atoms with E-state index in [-0.39, 0.29) is 0 Å². The molecule has 2 nitrogen and oxygen atoms in total. The van der Waals surface area contributed by atoms with Crippen LogP contribution in [0.25, 0.3) is 0 Å². The average Bonchev–Trinajstić information content (AvgIpc) is 1.61. The first-order valence-corrected chi connectivity index (χ1v) is 1.44. The van der Waals surface area contributed by atoms with E-state index in [2.05, 4.69) is 0 Å². The molecule has 0 aromatic carbocycles. The van der Waals surface area contributed by atoms with Gasteiger partial charge < -0.3 is 0 Å². The largest absolute Gasteiger partial charge is 0.232 e. The van der Waals surface area contributed by atoms with Crippen molar-refractivity contribution in [3.8, 4) is 0 Å². The predicted octanol–water partition coefficient (Wildman–Crippen LogP) is -0.0402. The van der Waals surface area contributed by atoms with E-state index in [9.17, 15) is 5.11 Å². The van der Waals surface area contributed by atoms with Crippen LogP contribution in [0.3, 0.4) is 0 Å². The molecular formula is C4H3O2. The van der Waals surface area contributed by atoms with Crippen LogP contribution in [0.1, 0.15) is 0 Å². The maximum absolute atomic E-state index is 9.39. The van der Waals surface area contributed by atoms with Gasteiger partial charge in [-0.15, -0.1) is 0 Å². The third-order valence-corrected chi connectivity index (χ3v) is 0.244. The standard InChI is InChI=1S/C4H3O2/c5-3-1-2-4-6/h1H,3H2. The Kier molecular flexibility index (Phi) is 3.62. The Bertz CT molecular complexity index is 94.1. The first-order valence-electron chi connectivity index (χ1n) is 1.44. The van der Waals surface area contributed by atoms with Gasteiger partial charge in [-0.2, -0.15) is 0 Å². The van der Waals surface area contributed by atoms with Gasteiger partial charge in [0, 0.05) is 0 Å². The van der Waals surface area contributed by atoms with Crippen molar-refractivity contribution in [3.05, 3.63) is 11.8 Å². The Morgan fingerprint density at radius 1 is 1.67 bits per heavy atom. The van der Waals surface area contributed by atoms with Crippen molar-refractivity contribution in [2.75, 3.05) is 6.61 Å². The third kappa shape index (κ3) is 3.19. The molecule has 0 aromatic rings. The summed E-state index contributed by atoms with van der Waals surface area (Å²) >= 11 is 0. The van der Waals surface area contributed by atoms with Gasteiger partial charge >= 0.3 is 0 Å². The van der Waals surface area contributed by atoms with Crippen LogP contribution in [0.15, 0.2) is 11.8 Å². The summed E-state index contributed by atoms with van der Waals surface area (Å²) in [4.78, 5) is 9.16. The van der Waals surface area contributed by atoms with Crippen LogP contribution in [-0.2, 0) is 9.90 Å². The lowest BCUT2D eigenvalue weighted by Gasteiger charge is -1.55. The minimum atomic E-state index is -0.394. The highest BCUT2D eigenvalue weighted by atomic mass is 16.2. The van der Waals surface area contributed by atoms with Gasteiger partial charge in [0.1, 0.15) is 6.61 Å². The Balaban J connectivity index is 3.47. The van der Waals surface area contributed by atoms with E-state index < -0.39 is 6.61 Å². The summed E-state index contributed by atoms with van der Waals surface area (Å²) in [5, 5.41) is 9.39. The summed E-state index contributed by atoms with van der Waals surface area (Å²) in [6.07, 6.45) is 1.08. The second-order valence-electron chi connectivity index (χ2n) is 0.617. The lowest BCUT2D eigenvalue weighted by Crippen LogP contribution is -1.61. The number of rotatable bonds is 1. The van der Waals surface area contributed by atoms with Crippen LogP contribution in [0.4, 0.5) is 0 Å². The summed E-state index contributed by atoms with van der Waals surface area (Å²) in [7, 11) is 0. The monoisotopic (exact) mass is 83.0 g/mol. The van der Waals surface area contributed by atoms with E-state index in [0.717, 1.165) is 6.08 Å². The summed E-state index contributed by atoms with van der Waals surface area (Å²) in [5.74, 6) is 1.31. The second-order valence-corrected chi connectivity index (χ2v) is 0.617. The highest BCUT2D eigenvalue weighted by Crippen LogP contribution is 1.53. The lowest BCUT2D eigenvalue weighted by molar-refractivity contribution is 0.232. The van der Waals surface area contributed by atoms with Crippen molar-refractivity contribution in [1.82, 2.24) is 0 Å². The van der Waals surface area contributed by atoms with E-state index in [0.29, 0.717) is 0 Å². The van der Waals surface area contributed by atoms with E-state index in [1.807, 2.05) is 5.73 Å². The minimum absolute atomic E-state index is 0.394. The fourth-order valence-electron chi connectivity index (χ4n) is 0.0833. The van der Waals surface area contributed by atoms with Crippen LogP contribution in [0, 0.1) is 0 Å². The van der Waals surface area contributed by atoms with Gasteiger partial charge in [0.2, 0.25) is 0 Å². The Hall–Kier alpha value is -0.810. The molecule has 2 heteroatoms. The smallest absolute Gasteiger partial charge is 0.176 e. The van der Waals surface area contributed by atoms with Crippen molar-refractivity contribution < 1.29 is 9.90 Å². The molecule has 31 valence electrons. The fraction of sp³-hybridized carbons (Fsp3) is 0.250. The Morgan fingerprint density at radius 3 is 2.50 bits per heavy atom. The Labute approximate surface area is 35.4 Å². The topological polar surface area (TPSA) is 37.0 Å². The molecule has 0 aromatic heterocycles. The van der Waals surface area contributed by atoms with Gasteiger partial charge in [-0.1, -0.05) is 0 Å². The molecule has 1 radical (unpaired) electrons. The first kappa shape index (κ1) is 5.19. The summed E-state index contributed by atoms with van der Waals surface area (Å²) in [6.45, 7) is -0.394. The van der Waals surface area contributed by atoms with Crippen molar-refractivity contribution in [2.45, 2.75) is 0 Å². The molecule has 0 aliphatic carbocycles. The normalized spacial score (nSPS) is 5.50. The average molecular weight is 83.1 g/mol. The van der Waals surface area contributed by atoms with Crippen molar-refractivity contribution in [1.29, 1.82) is 0 Å². The maximum Gasteiger partial charge on any atom is 0.176 e. The maximum atomic E-state index is 9.39.